The van der Waals surface area contributed by atoms with Crippen LogP contribution in [0.1, 0.15) is 58.3 Å². The van der Waals surface area contributed by atoms with E-state index in [2.05, 4.69) is 12.2 Å². The van der Waals surface area contributed by atoms with Crippen molar-refractivity contribution in [1.29, 1.82) is 0 Å². The summed E-state index contributed by atoms with van der Waals surface area (Å²) in [5.41, 5.74) is -0.611. The lowest BCUT2D eigenvalue weighted by Gasteiger charge is -2.22. The molecule has 0 spiro atoms. The van der Waals surface area contributed by atoms with E-state index in [4.69, 9.17) is 0 Å². The molecule has 0 aromatic carbocycles. The minimum Gasteiger partial charge on any atom is -0.388 e. The fraction of sp³-hybridized carbons (Fsp3) is 0.917. The minimum atomic E-state index is -0.611. The summed E-state index contributed by atoms with van der Waals surface area (Å²) in [5, 5.41) is 12.8. The van der Waals surface area contributed by atoms with Crippen molar-refractivity contribution in [3.05, 3.63) is 0 Å². The second-order valence-corrected chi connectivity index (χ2v) is 4.67. The van der Waals surface area contributed by atoms with Crippen molar-refractivity contribution in [2.24, 2.45) is 0 Å². The summed E-state index contributed by atoms with van der Waals surface area (Å²) >= 11 is 0. The molecule has 88 valence electrons. The highest BCUT2D eigenvalue weighted by atomic mass is 16.3. The van der Waals surface area contributed by atoms with Crippen LogP contribution < -0.4 is 5.32 Å². The topological polar surface area (TPSA) is 49.3 Å². The van der Waals surface area contributed by atoms with Crippen molar-refractivity contribution in [2.75, 3.05) is 6.54 Å². The Labute approximate surface area is 92.3 Å². The van der Waals surface area contributed by atoms with Crippen LogP contribution in [0.5, 0.6) is 0 Å². The smallest absolute Gasteiger partial charge is 0.220 e. The van der Waals surface area contributed by atoms with E-state index in [1.807, 2.05) is 0 Å². The zero-order chi connectivity index (χ0) is 11.1. The van der Waals surface area contributed by atoms with Crippen LogP contribution in [0, 0.1) is 0 Å². The second kappa shape index (κ2) is 6.11. The van der Waals surface area contributed by atoms with Gasteiger partial charge in [0.05, 0.1) is 5.60 Å². The van der Waals surface area contributed by atoms with Crippen molar-refractivity contribution < 1.29 is 9.90 Å². The summed E-state index contributed by atoms with van der Waals surface area (Å²) in [6.45, 7) is 2.57. The van der Waals surface area contributed by atoms with Gasteiger partial charge in [-0.25, -0.2) is 0 Å². The lowest BCUT2D eigenvalue weighted by molar-refractivity contribution is -0.122. The average Bonchev–Trinajstić information content (AvgIpc) is 2.64. The predicted molar refractivity (Wildman–Crippen MR) is 60.6 cm³/mol. The van der Waals surface area contributed by atoms with Crippen molar-refractivity contribution in [3.8, 4) is 0 Å². The van der Waals surface area contributed by atoms with Crippen LogP contribution in [0.25, 0.3) is 0 Å². The van der Waals surface area contributed by atoms with E-state index >= 15 is 0 Å². The van der Waals surface area contributed by atoms with Crippen LogP contribution >= 0.6 is 0 Å². The maximum atomic E-state index is 11.4. The number of carbonyl (C=O) groups is 1. The number of rotatable bonds is 6. The van der Waals surface area contributed by atoms with Crippen molar-refractivity contribution >= 4 is 5.91 Å². The molecule has 0 saturated heterocycles. The number of hydrogen-bond donors (Lipinski definition) is 2. The molecule has 1 amide bonds. The average molecular weight is 213 g/mol. The highest BCUT2D eigenvalue weighted by Crippen LogP contribution is 2.28. The van der Waals surface area contributed by atoms with Crippen LogP contribution in [0.2, 0.25) is 0 Å². The molecule has 0 aromatic heterocycles. The minimum absolute atomic E-state index is 0.0868. The van der Waals surface area contributed by atoms with Crippen molar-refractivity contribution in [3.63, 3.8) is 0 Å². The SMILES string of the molecule is CCCCCC(=O)NCC1(O)CCCC1. The van der Waals surface area contributed by atoms with Gasteiger partial charge in [0.1, 0.15) is 0 Å². The molecule has 0 aliphatic heterocycles. The van der Waals surface area contributed by atoms with Gasteiger partial charge < -0.3 is 10.4 Å². The van der Waals surface area contributed by atoms with Gasteiger partial charge in [-0.2, -0.15) is 0 Å². The Kier molecular flexibility index (Phi) is 5.09. The van der Waals surface area contributed by atoms with E-state index in [1.165, 1.54) is 0 Å². The third-order valence-corrected chi connectivity index (χ3v) is 3.16. The second-order valence-electron chi connectivity index (χ2n) is 4.67. The highest BCUT2D eigenvalue weighted by Gasteiger charge is 2.31. The quantitative estimate of drug-likeness (QED) is 0.663. The van der Waals surface area contributed by atoms with Gasteiger partial charge in [0, 0.05) is 13.0 Å². The van der Waals surface area contributed by atoms with Gasteiger partial charge in [-0.15, -0.1) is 0 Å². The van der Waals surface area contributed by atoms with E-state index in [0.717, 1.165) is 44.9 Å². The Balaban J connectivity index is 2.10. The fourth-order valence-corrected chi connectivity index (χ4v) is 2.10. The Morgan fingerprint density at radius 1 is 1.33 bits per heavy atom. The van der Waals surface area contributed by atoms with Crippen LogP contribution in [0.4, 0.5) is 0 Å². The molecule has 2 N–H and O–H groups in total. The fourth-order valence-electron chi connectivity index (χ4n) is 2.10. The molecular formula is C12H23NO2. The summed E-state index contributed by atoms with van der Waals surface area (Å²) in [4.78, 5) is 11.4. The Morgan fingerprint density at radius 2 is 2.00 bits per heavy atom. The molecule has 1 fully saturated rings. The zero-order valence-electron chi connectivity index (χ0n) is 9.72. The third kappa shape index (κ3) is 4.65. The van der Waals surface area contributed by atoms with Gasteiger partial charge in [-0.05, 0) is 19.3 Å². The molecule has 0 radical (unpaired) electrons. The number of amides is 1. The standard InChI is InChI=1S/C12H23NO2/c1-2-3-4-7-11(14)13-10-12(15)8-5-6-9-12/h15H,2-10H2,1H3,(H,13,14). The highest BCUT2D eigenvalue weighted by molar-refractivity contribution is 5.75. The first-order valence-corrected chi connectivity index (χ1v) is 6.15. The lowest BCUT2D eigenvalue weighted by atomic mass is 10.0. The van der Waals surface area contributed by atoms with E-state index < -0.39 is 5.60 Å². The number of unbranched alkanes of at least 4 members (excludes halogenated alkanes) is 2. The first kappa shape index (κ1) is 12.5. The summed E-state index contributed by atoms with van der Waals surface area (Å²) in [5.74, 6) is 0.0868. The molecule has 0 unspecified atom stereocenters. The van der Waals surface area contributed by atoms with Crippen LogP contribution in [0.15, 0.2) is 0 Å². The van der Waals surface area contributed by atoms with Crippen molar-refractivity contribution in [1.82, 2.24) is 5.32 Å². The number of aliphatic hydroxyl groups is 1. The largest absolute Gasteiger partial charge is 0.388 e. The van der Waals surface area contributed by atoms with Crippen LogP contribution in [0.3, 0.4) is 0 Å². The summed E-state index contributed by atoms with van der Waals surface area (Å²) in [6, 6.07) is 0. The monoisotopic (exact) mass is 213 g/mol. The predicted octanol–water partition coefficient (Wildman–Crippen LogP) is 1.99. The molecule has 3 heteroatoms. The summed E-state index contributed by atoms with van der Waals surface area (Å²) < 4.78 is 0. The van der Waals surface area contributed by atoms with Gasteiger partial charge in [0.25, 0.3) is 0 Å². The molecule has 1 saturated carbocycles. The van der Waals surface area contributed by atoms with Crippen LogP contribution in [-0.4, -0.2) is 23.2 Å². The van der Waals surface area contributed by atoms with Gasteiger partial charge in [0.2, 0.25) is 5.91 Å². The molecule has 1 aliphatic carbocycles. The Hall–Kier alpha value is -0.570. The molecule has 15 heavy (non-hydrogen) atoms. The van der Waals surface area contributed by atoms with Gasteiger partial charge in [-0.1, -0.05) is 32.6 Å². The maximum absolute atomic E-state index is 11.4. The molecule has 0 atom stereocenters. The summed E-state index contributed by atoms with van der Waals surface area (Å²) in [6.07, 6.45) is 7.65. The number of nitrogens with one attached hydrogen (secondary N) is 1. The van der Waals surface area contributed by atoms with E-state index in [-0.39, 0.29) is 5.91 Å². The van der Waals surface area contributed by atoms with Gasteiger partial charge in [-0.3, -0.25) is 4.79 Å². The molecule has 3 nitrogen and oxygen atoms in total. The van der Waals surface area contributed by atoms with Crippen molar-refractivity contribution in [2.45, 2.75) is 63.9 Å². The molecule has 1 rings (SSSR count). The Bertz CT molecular complexity index is 198. The third-order valence-electron chi connectivity index (χ3n) is 3.16. The maximum Gasteiger partial charge on any atom is 0.220 e. The molecule has 1 aliphatic rings. The van der Waals surface area contributed by atoms with Gasteiger partial charge >= 0.3 is 0 Å². The van der Waals surface area contributed by atoms with E-state index in [0.29, 0.717) is 13.0 Å². The Morgan fingerprint density at radius 3 is 2.60 bits per heavy atom. The van der Waals surface area contributed by atoms with Crippen LogP contribution in [-0.2, 0) is 4.79 Å². The lowest BCUT2D eigenvalue weighted by Crippen LogP contribution is -2.40. The molecule has 0 aromatic rings. The first-order valence-electron chi connectivity index (χ1n) is 6.15. The normalized spacial score (nSPS) is 19.1. The zero-order valence-corrected chi connectivity index (χ0v) is 9.72. The number of carbonyl (C=O) groups excluding carboxylic acids is 1. The van der Waals surface area contributed by atoms with Gasteiger partial charge in [0.15, 0.2) is 0 Å². The van der Waals surface area contributed by atoms with E-state index in [1.54, 1.807) is 0 Å². The molecular weight excluding hydrogens is 190 g/mol. The molecule has 0 heterocycles. The number of hydrogen-bond acceptors (Lipinski definition) is 2. The van der Waals surface area contributed by atoms with E-state index in [9.17, 15) is 9.90 Å². The summed E-state index contributed by atoms with van der Waals surface area (Å²) in [7, 11) is 0. The first-order chi connectivity index (χ1) is 7.16. The molecule has 0 bridgehead atoms.